The lowest BCUT2D eigenvalue weighted by Crippen LogP contribution is -2.22. The van der Waals surface area contributed by atoms with E-state index in [1.54, 1.807) is 0 Å². The summed E-state index contributed by atoms with van der Waals surface area (Å²) in [5, 5.41) is 3.26. The maximum absolute atomic E-state index is 13.3. The van der Waals surface area contributed by atoms with Crippen LogP contribution in [0.1, 0.15) is 29.7 Å². The van der Waals surface area contributed by atoms with Crippen molar-refractivity contribution in [2.45, 2.75) is 19.9 Å². The molecule has 1 N–H and O–H groups in total. The molecule has 0 amide bonds. The molecule has 0 radical (unpaired) electrons. The van der Waals surface area contributed by atoms with Crippen LogP contribution in [-0.4, -0.2) is 6.54 Å². The van der Waals surface area contributed by atoms with Gasteiger partial charge in [0.15, 0.2) is 0 Å². The molecule has 0 spiro atoms. The minimum atomic E-state index is -0.551. The van der Waals surface area contributed by atoms with E-state index in [4.69, 9.17) is 0 Å². The Labute approximate surface area is 112 Å². The molecule has 100 valence electrons. The molecule has 0 aromatic heterocycles. The van der Waals surface area contributed by atoms with Crippen molar-refractivity contribution in [3.05, 3.63) is 70.8 Å². The van der Waals surface area contributed by atoms with Crippen molar-refractivity contribution in [3.63, 3.8) is 0 Å². The van der Waals surface area contributed by atoms with Gasteiger partial charge in [0.25, 0.3) is 0 Å². The summed E-state index contributed by atoms with van der Waals surface area (Å²) < 4.78 is 26.7. The molecule has 1 nitrogen and oxygen atoms in total. The predicted octanol–water partition coefficient (Wildman–Crippen LogP) is 3.97. The molecule has 0 aliphatic carbocycles. The second kappa shape index (κ2) is 5.93. The smallest absolute Gasteiger partial charge is 0.126 e. The van der Waals surface area contributed by atoms with Crippen molar-refractivity contribution >= 4 is 0 Å². The molecule has 2 aromatic rings. The zero-order valence-corrected chi connectivity index (χ0v) is 11.1. The van der Waals surface area contributed by atoms with Crippen LogP contribution in [0.4, 0.5) is 8.78 Å². The highest BCUT2D eigenvalue weighted by atomic mass is 19.1. The zero-order valence-electron chi connectivity index (χ0n) is 11.1. The summed E-state index contributed by atoms with van der Waals surface area (Å²) in [6.07, 6.45) is 0. The monoisotopic (exact) mass is 261 g/mol. The Balaban J connectivity index is 2.41. The van der Waals surface area contributed by atoms with Crippen LogP contribution in [0.5, 0.6) is 0 Å². The summed E-state index contributed by atoms with van der Waals surface area (Å²) in [6, 6.07) is 11.4. The lowest BCUT2D eigenvalue weighted by molar-refractivity contribution is 0.565. The van der Waals surface area contributed by atoms with E-state index in [0.717, 1.165) is 23.7 Å². The third kappa shape index (κ3) is 3.38. The van der Waals surface area contributed by atoms with Gasteiger partial charge in [-0.3, -0.25) is 0 Å². The van der Waals surface area contributed by atoms with Crippen molar-refractivity contribution in [2.75, 3.05) is 6.54 Å². The number of nitrogens with one attached hydrogen (secondary N) is 1. The second-order valence-electron chi connectivity index (χ2n) is 4.60. The minimum Gasteiger partial charge on any atom is -0.307 e. The maximum atomic E-state index is 13.3. The number of aryl methyl sites for hydroxylation is 1. The van der Waals surface area contributed by atoms with Crippen LogP contribution in [0.15, 0.2) is 42.5 Å². The van der Waals surface area contributed by atoms with Crippen LogP contribution < -0.4 is 5.32 Å². The predicted molar refractivity (Wildman–Crippen MR) is 73.1 cm³/mol. The molecule has 0 aliphatic heterocycles. The summed E-state index contributed by atoms with van der Waals surface area (Å²) >= 11 is 0. The molecule has 0 aliphatic rings. The van der Waals surface area contributed by atoms with Gasteiger partial charge in [0, 0.05) is 6.07 Å². The molecule has 0 bridgehead atoms. The summed E-state index contributed by atoms with van der Waals surface area (Å²) in [7, 11) is 0. The molecule has 0 fully saturated rings. The fourth-order valence-corrected chi connectivity index (χ4v) is 2.13. The average molecular weight is 261 g/mol. The zero-order chi connectivity index (χ0) is 13.8. The summed E-state index contributed by atoms with van der Waals surface area (Å²) in [4.78, 5) is 0. The average Bonchev–Trinajstić information content (AvgIpc) is 2.36. The summed E-state index contributed by atoms with van der Waals surface area (Å²) in [5.41, 5.74) is 2.75. The molecule has 19 heavy (non-hydrogen) atoms. The standard InChI is InChI=1S/C16H17F2N/c1-3-19-16(12-6-4-11(2)5-7-12)13-8-14(17)10-15(18)9-13/h4-10,16,19H,3H2,1-2H3. The Morgan fingerprint density at radius 3 is 2.05 bits per heavy atom. The van der Waals surface area contributed by atoms with Gasteiger partial charge in [-0.2, -0.15) is 0 Å². The van der Waals surface area contributed by atoms with E-state index in [-0.39, 0.29) is 6.04 Å². The Hall–Kier alpha value is -1.74. The molecule has 1 unspecified atom stereocenters. The SMILES string of the molecule is CCNC(c1ccc(C)cc1)c1cc(F)cc(F)c1. The van der Waals surface area contributed by atoms with Gasteiger partial charge in [0.2, 0.25) is 0 Å². The third-order valence-electron chi connectivity index (χ3n) is 3.04. The van der Waals surface area contributed by atoms with Crippen LogP contribution in [0, 0.1) is 18.6 Å². The van der Waals surface area contributed by atoms with E-state index in [1.807, 2.05) is 38.1 Å². The fourth-order valence-electron chi connectivity index (χ4n) is 2.13. The van der Waals surface area contributed by atoms with Gasteiger partial charge in [0.05, 0.1) is 6.04 Å². The first kappa shape index (κ1) is 13.7. The van der Waals surface area contributed by atoms with Gasteiger partial charge >= 0.3 is 0 Å². The quantitative estimate of drug-likeness (QED) is 0.878. The number of hydrogen-bond donors (Lipinski definition) is 1. The Morgan fingerprint density at radius 1 is 0.947 bits per heavy atom. The van der Waals surface area contributed by atoms with Crippen LogP contribution >= 0.6 is 0 Å². The maximum Gasteiger partial charge on any atom is 0.126 e. The van der Waals surface area contributed by atoms with Crippen molar-refractivity contribution in [2.24, 2.45) is 0 Å². The minimum absolute atomic E-state index is 0.198. The van der Waals surface area contributed by atoms with Crippen molar-refractivity contribution < 1.29 is 8.78 Å². The molecule has 0 heterocycles. The molecular weight excluding hydrogens is 244 g/mol. The van der Waals surface area contributed by atoms with E-state index in [9.17, 15) is 8.78 Å². The van der Waals surface area contributed by atoms with E-state index in [2.05, 4.69) is 5.32 Å². The first-order valence-electron chi connectivity index (χ1n) is 6.36. The third-order valence-corrected chi connectivity index (χ3v) is 3.04. The molecule has 2 rings (SSSR count). The lowest BCUT2D eigenvalue weighted by atomic mass is 9.97. The van der Waals surface area contributed by atoms with Crippen LogP contribution in [0.3, 0.4) is 0 Å². The topological polar surface area (TPSA) is 12.0 Å². The number of halogens is 2. The van der Waals surface area contributed by atoms with E-state index < -0.39 is 11.6 Å². The fraction of sp³-hybridized carbons (Fsp3) is 0.250. The normalized spacial score (nSPS) is 12.4. The van der Waals surface area contributed by atoms with Gasteiger partial charge in [-0.15, -0.1) is 0 Å². The Morgan fingerprint density at radius 2 is 1.53 bits per heavy atom. The number of benzene rings is 2. The van der Waals surface area contributed by atoms with Crippen molar-refractivity contribution in [1.29, 1.82) is 0 Å². The van der Waals surface area contributed by atoms with E-state index in [1.165, 1.54) is 12.1 Å². The molecular formula is C16H17F2N. The highest BCUT2D eigenvalue weighted by molar-refractivity contribution is 5.33. The molecule has 3 heteroatoms. The molecule has 0 saturated carbocycles. The van der Waals surface area contributed by atoms with Crippen LogP contribution in [0.25, 0.3) is 0 Å². The lowest BCUT2D eigenvalue weighted by Gasteiger charge is -2.19. The molecule has 0 saturated heterocycles. The Kier molecular flexibility index (Phi) is 4.27. The number of hydrogen-bond acceptors (Lipinski definition) is 1. The number of rotatable bonds is 4. The molecule has 2 aromatic carbocycles. The summed E-state index contributed by atoms with van der Waals surface area (Å²) in [6.45, 7) is 4.70. The van der Waals surface area contributed by atoms with E-state index >= 15 is 0 Å². The van der Waals surface area contributed by atoms with E-state index in [0.29, 0.717) is 5.56 Å². The van der Waals surface area contributed by atoms with Gasteiger partial charge in [-0.05, 0) is 36.7 Å². The van der Waals surface area contributed by atoms with Crippen molar-refractivity contribution in [3.8, 4) is 0 Å². The highest BCUT2D eigenvalue weighted by Gasteiger charge is 2.14. The van der Waals surface area contributed by atoms with Crippen molar-refractivity contribution in [1.82, 2.24) is 5.32 Å². The van der Waals surface area contributed by atoms with Gasteiger partial charge < -0.3 is 5.32 Å². The summed E-state index contributed by atoms with van der Waals surface area (Å²) in [5.74, 6) is -1.10. The van der Waals surface area contributed by atoms with Crippen LogP contribution in [-0.2, 0) is 0 Å². The van der Waals surface area contributed by atoms with Gasteiger partial charge in [0.1, 0.15) is 11.6 Å². The Bertz CT molecular complexity index is 529. The second-order valence-corrected chi connectivity index (χ2v) is 4.60. The highest BCUT2D eigenvalue weighted by Crippen LogP contribution is 2.24. The molecule has 1 atom stereocenters. The largest absolute Gasteiger partial charge is 0.307 e. The van der Waals surface area contributed by atoms with Crippen LogP contribution in [0.2, 0.25) is 0 Å². The first-order chi connectivity index (χ1) is 9.10. The van der Waals surface area contributed by atoms with Gasteiger partial charge in [-0.1, -0.05) is 36.8 Å². The van der Waals surface area contributed by atoms with Gasteiger partial charge in [-0.25, -0.2) is 8.78 Å². The first-order valence-corrected chi connectivity index (χ1v) is 6.36.